The third-order valence-electron chi connectivity index (χ3n) is 10.4. The van der Waals surface area contributed by atoms with Crippen LogP contribution in [-0.2, 0) is 0 Å². The molecule has 61 heavy (non-hydrogen) atoms. The fourth-order valence-corrected chi connectivity index (χ4v) is 7.38. The number of phenols is 1. The molecule has 2 saturated heterocycles. The van der Waals surface area contributed by atoms with Crippen molar-refractivity contribution in [2.24, 2.45) is 0 Å². The van der Waals surface area contributed by atoms with Crippen molar-refractivity contribution in [3.05, 3.63) is 157 Å². The first-order valence-corrected chi connectivity index (χ1v) is 21.3. The molecule has 320 valence electrons. The van der Waals surface area contributed by atoms with Crippen LogP contribution in [0.15, 0.2) is 134 Å². The Morgan fingerprint density at radius 1 is 0.590 bits per heavy atom. The Labute approximate surface area is 361 Å². The lowest BCUT2D eigenvalue weighted by atomic mass is 10.1. The summed E-state index contributed by atoms with van der Waals surface area (Å²) in [6.07, 6.45) is 15.3. The topological polar surface area (TPSA) is 104 Å². The number of ether oxygens (including phenoxy) is 1. The lowest BCUT2D eigenvalue weighted by Gasteiger charge is -2.26. The van der Waals surface area contributed by atoms with Crippen molar-refractivity contribution < 1.29 is 28.2 Å². The van der Waals surface area contributed by atoms with Crippen LogP contribution in [0.2, 0.25) is 0 Å². The summed E-state index contributed by atoms with van der Waals surface area (Å²) in [5, 5.41) is 14.8. The van der Waals surface area contributed by atoms with Crippen molar-refractivity contribution in [2.45, 2.75) is 38.5 Å². The molecule has 6 aromatic rings. The summed E-state index contributed by atoms with van der Waals surface area (Å²) in [5.41, 5.74) is 3.01. The van der Waals surface area contributed by atoms with E-state index in [-0.39, 0.29) is 17.6 Å². The van der Waals surface area contributed by atoms with Crippen LogP contribution in [0.3, 0.4) is 0 Å². The molecule has 0 radical (unpaired) electrons. The van der Waals surface area contributed by atoms with E-state index in [2.05, 4.69) is 20.4 Å². The van der Waals surface area contributed by atoms with E-state index in [1.54, 1.807) is 41.0 Å². The third kappa shape index (κ3) is 13.8. The van der Waals surface area contributed by atoms with E-state index in [0.717, 1.165) is 37.8 Å². The predicted molar refractivity (Wildman–Crippen MR) is 239 cm³/mol. The summed E-state index contributed by atoms with van der Waals surface area (Å²) in [5.74, 6) is 0.0983. The maximum absolute atomic E-state index is 13.8. The van der Waals surface area contributed by atoms with Gasteiger partial charge in [-0.2, -0.15) is 0 Å². The highest BCUT2D eigenvalue weighted by molar-refractivity contribution is 6.18. The van der Waals surface area contributed by atoms with E-state index >= 15 is 0 Å². The second-order valence-electron chi connectivity index (χ2n) is 14.8. The van der Waals surface area contributed by atoms with Crippen molar-refractivity contribution >= 4 is 34.8 Å². The van der Waals surface area contributed by atoms with Gasteiger partial charge in [-0.3, -0.25) is 14.5 Å². The Bertz CT molecular complexity index is 2240. The number of carbonyl (C=O) groups excluding carboxylic acids is 2. The Kier molecular flexibility index (Phi) is 16.9. The van der Waals surface area contributed by atoms with Crippen molar-refractivity contribution in [2.75, 3.05) is 62.4 Å². The van der Waals surface area contributed by atoms with Crippen LogP contribution in [0.4, 0.5) is 20.2 Å². The molecular weight excluding hydrogens is 798 g/mol. The Hall–Kier alpha value is -5.95. The van der Waals surface area contributed by atoms with Gasteiger partial charge in [-0.05, 0) is 161 Å². The number of hydrogen-bond acceptors (Lipinski definition) is 6. The quantitative estimate of drug-likeness (QED) is 0.106. The van der Waals surface area contributed by atoms with Crippen LogP contribution in [0.1, 0.15) is 59.2 Å². The average Bonchev–Trinajstić information content (AvgIpc) is 4.02. The normalized spacial score (nSPS) is 14.1. The number of rotatable bonds is 12. The Morgan fingerprint density at radius 3 is 1.46 bits per heavy atom. The molecule has 0 aliphatic carbocycles. The second kappa shape index (κ2) is 23.2. The molecule has 3 N–H and O–H groups in total. The van der Waals surface area contributed by atoms with Crippen LogP contribution in [0.5, 0.6) is 11.5 Å². The molecule has 2 aromatic heterocycles. The number of likely N-dealkylation sites (tertiary alicyclic amines) is 2. The molecule has 2 fully saturated rings. The highest BCUT2D eigenvalue weighted by Gasteiger charge is 2.14. The lowest BCUT2D eigenvalue weighted by molar-refractivity contribution is 0.101. The first-order valence-electron chi connectivity index (χ1n) is 20.8. The van der Waals surface area contributed by atoms with Gasteiger partial charge in [0.15, 0.2) is 0 Å². The number of piperidine rings is 2. The summed E-state index contributed by atoms with van der Waals surface area (Å²) in [6.45, 7) is 7.47. The molecule has 0 spiro atoms. The van der Waals surface area contributed by atoms with Gasteiger partial charge in [-0.15, -0.1) is 11.6 Å². The van der Waals surface area contributed by atoms with Gasteiger partial charge < -0.3 is 34.5 Å². The van der Waals surface area contributed by atoms with Crippen molar-refractivity contribution in [3.63, 3.8) is 0 Å². The third-order valence-corrected chi connectivity index (χ3v) is 10.6. The summed E-state index contributed by atoms with van der Waals surface area (Å²) in [7, 11) is 0. The van der Waals surface area contributed by atoms with Crippen LogP contribution in [0.25, 0.3) is 11.4 Å². The van der Waals surface area contributed by atoms with Gasteiger partial charge in [0, 0.05) is 54.9 Å². The van der Waals surface area contributed by atoms with Gasteiger partial charge >= 0.3 is 0 Å². The Balaban J connectivity index is 0.000000175. The minimum absolute atomic E-state index is 0.0790. The Morgan fingerprint density at radius 2 is 1.02 bits per heavy atom. The maximum Gasteiger partial charge on any atom is 0.255 e. The molecule has 2 amide bonds. The number of phenolic OH excluding ortho intramolecular Hbond substituents is 1. The zero-order chi connectivity index (χ0) is 42.8. The van der Waals surface area contributed by atoms with Crippen molar-refractivity contribution in [1.29, 1.82) is 0 Å². The molecular formula is C48H53ClF2N6O4. The minimum atomic E-state index is -0.433. The van der Waals surface area contributed by atoms with E-state index in [1.807, 2.05) is 53.6 Å². The smallest absolute Gasteiger partial charge is 0.255 e. The minimum Gasteiger partial charge on any atom is -0.508 e. The van der Waals surface area contributed by atoms with Gasteiger partial charge in [-0.1, -0.05) is 12.8 Å². The molecule has 0 saturated carbocycles. The van der Waals surface area contributed by atoms with Crippen LogP contribution >= 0.6 is 11.6 Å². The lowest BCUT2D eigenvalue weighted by Crippen LogP contribution is -2.33. The van der Waals surface area contributed by atoms with E-state index in [0.29, 0.717) is 40.5 Å². The zero-order valence-corrected chi connectivity index (χ0v) is 35.0. The standard InChI is InChI=1S/C24H26FN3O2.C17H13FN2O2.C7H14ClN/c25-20-8-11-23(28-14-4-5-15-28)22(18-20)26-24(29)19-6-9-21(10-7-19)30-17-16-27-12-2-1-3-13-27;18-13-5-8-16(20-9-1-2-10-20)15(11-13)19-17(22)12-3-6-14(21)7-4-12;8-4-7-9-5-2-1-3-6-9/h4-11,14-15,18H,1-3,12-13,16-17H2,(H,26,29);1-11,21H,(H,19,22);1-7H2. The average molecular weight is 851 g/mol. The molecule has 0 atom stereocenters. The SMILES string of the molecule is ClCCN1CCCCC1.O=C(Nc1cc(F)ccc1-n1cccc1)c1ccc(O)cc1.O=C(Nc1cc(F)ccc1-n1cccc1)c1ccc(OCCN2CCCCC2)cc1. The number of nitrogens with one attached hydrogen (secondary N) is 2. The molecule has 10 nitrogen and oxygen atoms in total. The molecule has 0 unspecified atom stereocenters. The molecule has 4 aromatic carbocycles. The fourth-order valence-electron chi connectivity index (χ4n) is 7.14. The number of carbonyl (C=O) groups is 2. The fraction of sp³-hybridized carbons (Fsp3) is 0.292. The van der Waals surface area contributed by atoms with Gasteiger partial charge in [0.25, 0.3) is 11.8 Å². The number of nitrogens with zero attached hydrogens (tertiary/aromatic N) is 4. The van der Waals surface area contributed by atoms with E-state index in [9.17, 15) is 23.5 Å². The highest BCUT2D eigenvalue weighted by Crippen LogP contribution is 2.25. The van der Waals surface area contributed by atoms with Gasteiger partial charge in [0.05, 0.1) is 22.7 Å². The molecule has 0 bridgehead atoms. The van der Waals surface area contributed by atoms with Gasteiger partial charge in [0.1, 0.15) is 29.7 Å². The molecule has 8 rings (SSSR count). The second-order valence-corrected chi connectivity index (χ2v) is 15.2. The largest absolute Gasteiger partial charge is 0.508 e. The molecule has 2 aliphatic rings. The summed E-state index contributed by atoms with van der Waals surface area (Å²) in [4.78, 5) is 29.8. The zero-order valence-electron chi connectivity index (χ0n) is 34.2. The summed E-state index contributed by atoms with van der Waals surface area (Å²) >= 11 is 5.59. The van der Waals surface area contributed by atoms with E-state index in [1.165, 1.54) is 100 Å². The van der Waals surface area contributed by atoms with E-state index < -0.39 is 11.6 Å². The summed E-state index contributed by atoms with van der Waals surface area (Å²) in [6, 6.07) is 28.9. The highest BCUT2D eigenvalue weighted by atomic mass is 35.5. The van der Waals surface area contributed by atoms with Crippen LogP contribution in [-0.4, -0.2) is 87.6 Å². The van der Waals surface area contributed by atoms with Crippen LogP contribution in [0, 0.1) is 11.6 Å². The van der Waals surface area contributed by atoms with Crippen LogP contribution < -0.4 is 15.4 Å². The van der Waals surface area contributed by atoms with Gasteiger partial charge in [-0.25, -0.2) is 8.78 Å². The van der Waals surface area contributed by atoms with E-state index in [4.69, 9.17) is 16.3 Å². The number of halogens is 3. The molecule has 13 heteroatoms. The first kappa shape index (κ1) is 44.6. The number of aromatic nitrogens is 2. The van der Waals surface area contributed by atoms with Crippen molar-refractivity contribution in [3.8, 4) is 22.9 Å². The molecule has 2 aliphatic heterocycles. The number of alkyl halides is 1. The number of anilines is 2. The monoisotopic (exact) mass is 850 g/mol. The number of benzene rings is 4. The first-order chi connectivity index (χ1) is 29.7. The molecule has 4 heterocycles. The summed E-state index contributed by atoms with van der Waals surface area (Å²) < 4.78 is 36.7. The van der Waals surface area contributed by atoms with Crippen molar-refractivity contribution in [1.82, 2.24) is 18.9 Å². The maximum atomic E-state index is 13.8. The van der Waals surface area contributed by atoms with Gasteiger partial charge in [0.2, 0.25) is 0 Å². The number of amides is 2. The predicted octanol–water partition coefficient (Wildman–Crippen LogP) is 10.0. The number of hydrogen-bond donors (Lipinski definition) is 3. The number of aromatic hydroxyl groups is 1.